The maximum atomic E-state index is 12.0. The molecule has 0 aliphatic carbocycles. The van der Waals surface area contributed by atoms with Crippen LogP contribution in [0.3, 0.4) is 0 Å². The van der Waals surface area contributed by atoms with Crippen molar-refractivity contribution in [1.29, 1.82) is 0 Å². The van der Waals surface area contributed by atoms with Gasteiger partial charge in [0.1, 0.15) is 0 Å². The first kappa shape index (κ1) is 19.4. The Balaban J connectivity index is 1.86. The zero-order valence-corrected chi connectivity index (χ0v) is 15.6. The molecule has 1 aromatic rings. The van der Waals surface area contributed by atoms with Gasteiger partial charge in [0.05, 0.1) is 6.54 Å². The van der Waals surface area contributed by atoms with Crippen LogP contribution in [0.15, 0.2) is 15.7 Å². The van der Waals surface area contributed by atoms with Crippen molar-refractivity contribution in [3.05, 3.63) is 32.6 Å². The molecule has 1 aliphatic heterocycles. The lowest BCUT2D eigenvalue weighted by Crippen LogP contribution is -2.50. The fourth-order valence-corrected chi connectivity index (χ4v) is 2.84. The van der Waals surface area contributed by atoms with Gasteiger partial charge in [-0.2, -0.15) is 0 Å². The van der Waals surface area contributed by atoms with Crippen molar-refractivity contribution < 1.29 is 4.79 Å². The molecule has 1 aliphatic rings. The summed E-state index contributed by atoms with van der Waals surface area (Å²) in [6, 6.07) is 1.52. The zero-order chi connectivity index (χ0) is 18.6. The highest BCUT2D eigenvalue weighted by molar-refractivity contribution is 5.78. The van der Waals surface area contributed by atoms with Crippen LogP contribution in [0.2, 0.25) is 0 Å². The summed E-state index contributed by atoms with van der Waals surface area (Å²) in [6.07, 6.45) is 0. The third kappa shape index (κ3) is 5.27. The first-order chi connectivity index (χ1) is 11.8. The summed E-state index contributed by atoms with van der Waals surface area (Å²) in [6.45, 7) is 9.05. The second-order valence-electron chi connectivity index (χ2n) is 7.12. The number of amides is 1. The highest BCUT2D eigenvalue weighted by Crippen LogP contribution is 2.06. The summed E-state index contributed by atoms with van der Waals surface area (Å²) in [4.78, 5) is 40.0. The summed E-state index contributed by atoms with van der Waals surface area (Å²) in [5.74, 6) is 0.516. The Hall–Kier alpha value is -1.93. The number of hydrogen-bond donors (Lipinski definition) is 1. The fourth-order valence-electron chi connectivity index (χ4n) is 2.84. The van der Waals surface area contributed by atoms with E-state index in [1.165, 1.54) is 17.7 Å². The molecule has 140 valence electrons. The van der Waals surface area contributed by atoms with Gasteiger partial charge in [0.25, 0.3) is 5.56 Å². The second kappa shape index (κ2) is 8.44. The van der Waals surface area contributed by atoms with E-state index in [0.29, 0.717) is 25.6 Å². The topological polar surface area (TPSA) is 79.6 Å². The van der Waals surface area contributed by atoms with Crippen LogP contribution in [0.25, 0.3) is 0 Å². The normalized spacial score (nSPS) is 16.4. The van der Waals surface area contributed by atoms with E-state index in [1.807, 2.05) is 0 Å². The van der Waals surface area contributed by atoms with Crippen molar-refractivity contribution >= 4 is 5.91 Å². The summed E-state index contributed by atoms with van der Waals surface area (Å²) in [5.41, 5.74) is 0.137. The summed E-state index contributed by atoms with van der Waals surface area (Å²) < 4.78 is 2.63. The first-order valence-electron chi connectivity index (χ1n) is 8.75. The van der Waals surface area contributed by atoms with Gasteiger partial charge in [0, 0.05) is 65.1 Å². The van der Waals surface area contributed by atoms with E-state index in [0.717, 1.165) is 36.4 Å². The number of hydrogen-bond acceptors (Lipinski definition) is 5. The van der Waals surface area contributed by atoms with Crippen molar-refractivity contribution in [2.24, 2.45) is 20.0 Å². The third-order valence-corrected chi connectivity index (χ3v) is 4.55. The Labute approximate surface area is 148 Å². The molecule has 0 bridgehead atoms. The van der Waals surface area contributed by atoms with Crippen molar-refractivity contribution in [3.8, 4) is 0 Å². The molecule has 0 spiro atoms. The van der Waals surface area contributed by atoms with E-state index in [1.54, 1.807) is 7.05 Å². The molecule has 8 nitrogen and oxygen atoms in total. The van der Waals surface area contributed by atoms with E-state index in [4.69, 9.17) is 0 Å². The van der Waals surface area contributed by atoms with Crippen LogP contribution in [0, 0.1) is 5.92 Å². The number of carbonyl (C=O) groups excluding carboxylic acids is 1. The molecule has 1 aromatic heterocycles. The molecule has 0 saturated carbocycles. The van der Waals surface area contributed by atoms with E-state index in [-0.39, 0.29) is 17.2 Å². The molecule has 2 rings (SSSR count). The molecule has 1 fully saturated rings. The highest BCUT2D eigenvalue weighted by atomic mass is 16.2. The molecule has 0 unspecified atom stereocenters. The van der Waals surface area contributed by atoms with Gasteiger partial charge >= 0.3 is 5.69 Å². The van der Waals surface area contributed by atoms with Gasteiger partial charge < -0.3 is 5.32 Å². The number of piperazine rings is 1. The quantitative estimate of drug-likeness (QED) is 0.709. The van der Waals surface area contributed by atoms with Gasteiger partial charge in [0.2, 0.25) is 5.91 Å². The van der Waals surface area contributed by atoms with Crippen molar-refractivity contribution in [1.82, 2.24) is 24.3 Å². The molecular formula is C17H29N5O3. The van der Waals surface area contributed by atoms with Crippen molar-refractivity contribution in [2.75, 3.05) is 39.3 Å². The highest BCUT2D eigenvalue weighted by Gasteiger charge is 2.20. The van der Waals surface area contributed by atoms with Crippen molar-refractivity contribution in [2.45, 2.75) is 20.4 Å². The average molecular weight is 351 g/mol. The largest absolute Gasteiger partial charge is 0.355 e. The van der Waals surface area contributed by atoms with Gasteiger partial charge in [-0.15, -0.1) is 0 Å². The smallest absolute Gasteiger partial charge is 0.330 e. The number of nitrogens with zero attached hydrogens (tertiary/aromatic N) is 4. The monoisotopic (exact) mass is 351 g/mol. The molecule has 2 heterocycles. The van der Waals surface area contributed by atoms with Gasteiger partial charge in [-0.1, -0.05) is 13.8 Å². The predicted molar refractivity (Wildman–Crippen MR) is 96.5 cm³/mol. The van der Waals surface area contributed by atoms with Gasteiger partial charge in [-0.3, -0.25) is 28.5 Å². The molecule has 0 atom stereocenters. The average Bonchev–Trinajstić information content (AvgIpc) is 2.57. The maximum Gasteiger partial charge on any atom is 0.330 e. The molecule has 1 saturated heterocycles. The van der Waals surface area contributed by atoms with E-state index in [9.17, 15) is 14.4 Å². The minimum atomic E-state index is -0.303. The van der Waals surface area contributed by atoms with E-state index in [2.05, 4.69) is 29.0 Å². The standard InChI is InChI=1S/C17H29N5O3/c1-13(2)10-18-15(23)12-22-7-5-21(6-8-22)11-14-9-16(24)20(4)17(25)19(14)3/h9,13H,5-8,10-12H2,1-4H3,(H,18,23). The van der Waals surface area contributed by atoms with Gasteiger partial charge in [0.15, 0.2) is 0 Å². The molecule has 8 heteroatoms. The van der Waals surface area contributed by atoms with Crippen molar-refractivity contribution in [3.63, 3.8) is 0 Å². The molecule has 1 amide bonds. The van der Waals surface area contributed by atoms with Gasteiger partial charge in [-0.25, -0.2) is 4.79 Å². The molecule has 0 radical (unpaired) electrons. The first-order valence-corrected chi connectivity index (χ1v) is 8.75. The Kier molecular flexibility index (Phi) is 6.55. The molecule has 1 N–H and O–H groups in total. The summed E-state index contributed by atoms with van der Waals surface area (Å²) >= 11 is 0. The molecule has 0 aromatic carbocycles. The fraction of sp³-hybridized carbons (Fsp3) is 0.706. The Morgan fingerprint density at radius 3 is 2.28 bits per heavy atom. The minimum absolute atomic E-state index is 0.0658. The summed E-state index contributed by atoms with van der Waals surface area (Å²) in [7, 11) is 3.17. The van der Waals surface area contributed by atoms with Crippen LogP contribution in [-0.4, -0.2) is 64.1 Å². The number of nitrogens with one attached hydrogen (secondary N) is 1. The zero-order valence-electron chi connectivity index (χ0n) is 15.6. The lowest BCUT2D eigenvalue weighted by atomic mass is 10.2. The van der Waals surface area contributed by atoms with Gasteiger partial charge in [-0.05, 0) is 5.92 Å². The van der Waals surface area contributed by atoms with Crippen LogP contribution < -0.4 is 16.6 Å². The predicted octanol–water partition coefficient (Wildman–Crippen LogP) is -1.03. The maximum absolute atomic E-state index is 12.0. The Bertz CT molecular complexity index is 714. The minimum Gasteiger partial charge on any atom is -0.355 e. The second-order valence-corrected chi connectivity index (χ2v) is 7.12. The molecule has 25 heavy (non-hydrogen) atoms. The Morgan fingerprint density at radius 2 is 1.68 bits per heavy atom. The van der Waals surface area contributed by atoms with Crippen LogP contribution in [0.5, 0.6) is 0 Å². The lowest BCUT2D eigenvalue weighted by molar-refractivity contribution is -0.122. The summed E-state index contributed by atoms with van der Waals surface area (Å²) in [5, 5.41) is 2.94. The molecular weight excluding hydrogens is 322 g/mol. The van der Waals surface area contributed by atoms with Crippen LogP contribution in [0.1, 0.15) is 19.5 Å². The number of aromatic nitrogens is 2. The lowest BCUT2D eigenvalue weighted by Gasteiger charge is -2.34. The van der Waals surface area contributed by atoms with Crippen LogP contribution in [0.4, 0.5) is 0 Å². The van der Waals surface area contributed by atoms with Crippen LogP contribution in [-0.2, 0) is 25.4 Å². The third-order valence-electron chi connectivity index (χ3n) is 4.55. The van der Waals surface area contributed by atoms with Crippen LogP contribution >= 0.6 is 0 Å². The van der Waals surface area contributed by atoms with E-state index < -0.39 is 0 Å². The van der Waals surface area contributed by atoms with E-state index >= 15 is 0 Å². The SMILES string of the molecule is CC(C)CNC(=O)CN1CCN(Cc2cc(=O)n(C)c(=O)n2C)CC1. The number of rotatable bonds is 6. The number of carbonyl (C=O) groups is 1. The Morgan fingerprint density at radius 1 is 1.08 bits per heavy atom.